The Morgan fingerprint density at radius 3 is 2.88 bits per heavy atom. The molecule has 1 aromatic carbocycles. The highest BCUT2D eigenvalue weighted by atomic mass is 35.5. The number of carbonyl (C=O) groups excluding carboxylic acids is 1. The first-order valence-corrected chi connectivity index (χ1v) is 8.79. The van der Waals surface area contributed by atoms with Gasteiger partial charge in [-0.2, -0.15) is 0 Å². The molecule has 0 atom stereocenters. The van der Waals surface area contributed by atoms with Crippen molar-refractivity contribution in [3.63, 3.8) is 0 Å². The molecule has 1 aliphatic rings. The lowest BCUT2D eigenvalue weighted by Crippen LogP contribution is -2.33. The van der Waals surface area contributed by atoms with Gasteiger partial charge in [0.1, 0.15) is 22.4 Å². The van der Waals surface area contributed by atoms with E-state index in [1.807, 2.05) is 19.1 Å². The average molecular weight is 394 g/mol. The lowest BCUT2D eigenvalue weighted by atomic mass is 10.1. The number of hydrogen-bond donors (Lipinski definition) is 1. The fraction of sp³-hybridized carbons (Fsp3) is 0.118. The number of amides is 1. The number of nitrogens with zero attached hydrogens (tertiary/aromatic N) is 1. The Morgan fingerprint density at radius 2 is 2.16 bits per heavy atom. The maximum Gasteiger partial charge on any atom is 0.323 e. The fourth-order valence-corrected chi connectivity index (χ4v) is 3.74. The van der Waals surface area contributed by atoms with Gasteiger partial charge < -0.3 is 9.52 Å². The van der Waals surface area contributed by atoms with Gasteiger partial charge in [0.05, 0.1) is 4.91 Å². The van der Waals surface area contributed by atoms with E-state index in [2.05, 4.69) is 0 Å². The van der Waals surface area contributed by atoms with Crippen LogP contribution >= 0.6 is 35.6 Å². The van der Waals surface area contributed by atoms with Crippen LogP contribution in [0.15, 0.2) is 39.7 Å². The van der Waals surface area contributed by atoms with E-state index in [0.29, 0.717) is 21.4 Å². The molecule has 25 heavy (non-hydrogen) atoms. The molecule has 0 spiro atoms. The summed E-state index contributed by atoms with van der Waals surface area (Å²) in [6, 6.07) is 9.04. The minimum atomic E-state index is -1.12. The van der Waals surface area contributed by atoms with Crippen molar-refractivity contribution >= 4 is 57.9 Å². The first-order valence-electron chi connectivity index (χ1n) is 7.18. The summed E-state index contributed by atoms with van der Waals surface area (Å²) in [5.74, 6) is -0.444. The smallest absolute Gasteiger partial charge is 0.323 e. The average Bonchev–Trinajstić information content (AvgIpc) is 3.10. The summed E-state index contributed by atoms with van der Waals surface area (Å²) in [7, 11) is 0. The summed E-state index contributed by atoms with van der Waals surface area (Å²) in [5, 5.41) is 9.46. The number of halogens is 1. The van der Waals surface area contributed by atoms with Gasteiger partial charge in [0.15, 0.2) is 0 Å². The number of furan rings is 1. The summed E-state index contributed by atoms with van der Waals surface area (Å²) in [4.78, 5) is 24.5. The van der Waals surface area contributed by atoms with Crippen molar-refractivity contribution in [2.45, 2.75) is 6.92 Å². The van der Waals surface area contributed by atoms with Crippen LogP contribution in [0.5, 0.6) is 0 Å². The molecular weight excluding hydrogens is 382 g/mol. The zero-order chi connectivity index (χ0) is 18.1. The zero-order valence-corrected chi connectivity index (χ0v) is 15.4. The van der Waals surface area contributed by atoms with E-state index in [0.717, 1.165) is 27.8 Å². The lowest BCUT2D eigenvalue weighted by Gasteiger charge is -2.09. The summed E-state index contributed by atoms with van der Waals surface area (Å²) < 4.78 is 6.01. The molecule has 0 aliphatic carbocycles. The summed E-state index contributed by atoms with van der Waals surface area (Å²) in [6.45, 7) is 1.50. The van der Waals surface area contributed by atoms with E-state index in [1.54, 1.807) is 24.3 Å². The fourth-order valence-electron chi connectivity index (χ4n) is 2.34. The summed E-state index contributed by atoms with van der Waals surface area (Å²) in [5.41, 5.74) is 1.88. The largest absolute Gasteiger partial charge is 0.480 e. The van der Waals surface area contributed by atoms with Gasteiger partial charge in [-0.05, 0) is 36.8 Å². The predicted molar refractivity (Wildman–Crippen MR) is 101 cm³/mol. The second-order valence-electron chi connectivity index (χ2n) is 5.32. The van der Waals surface area contributed by atoms with Crippen LogP contribution in [0.25, 0.3) is 17.4 Å². The summed E-state index contributed by atoms with van der Waals surface area (Å²) >= 11 is 12.1. The maximum atomic E-state index is 12.3. The molecule has 1 amide bonds. The molecule has 2 aromatic rings. The second-order valence-corrected chi connectivity index (χ2v) is 7.44. The lowest BCUT2D eigenvalue weighted by molar-refractivity contribution is -0.140. The molecule has 0 unspecified atom stereocenters. The number of thiocarbonyl (C=S) groups is 1. The second kappa shape index (κ2) is 7.03. The van der Waals surface area contributed by atoms with Crippen LogP contribution in [-0.4, -0.2) is 32.7 Å². The quantitative estimate of drug-likeness (QED) is 0.620. The van der Waals surface area contributed by atoms with Gasteiger partial charge in [-0.3, -0.25) is 14.5 Å². The van der Waals surface area contributed by atoms with E-state index in [4.69, 9.17) is 33.3 Å². The number of carboxylic acid groups (broad SMARTS) is 1. The molecule has 1 N–H and O–H groups in total. The molecule has 0 bridgehead atoms. The van der Waals surface area contributed by atoms with E-state index >= 15 is 0 Å². The number of aryl methyl sites for hydroxylation is 1. The van der Waals surface area contributed by atoms with Gasteiger partial charge in [-0.1, -0.05) is 41.6 Å². The van der Waals surface area contributed by atoms with Gasteiger partial charge in [0.25, 0.3) is 5.91 Å². The van der Waals surface area contributed by atoms with Crippen LogP contribution in [0.1, 0.15) is 11.3 Å². The molecule has 2 heterocycles. The molecule has 128 valence electrons. The normalized spacial score (nSPS) is 16.1. The van der Waals surface area contributed by atoms with Crippen LogP contribution in [0.2, 0.25) is 5.02 Å². The van der Waals surface area contributed by atoms with Crippen LogP contribution < -0.4 is 0 Å². The monoisotopic (exact) mass is 393 g/mol. The Morgan fingerprint density at radius 1 is 1.40 bits per heavy atom. The Bertz CT molecular complexity index is 919. The molecule has 0 radical (unpaired) electrons. The van der Waals surface area contributed by atoms with Gasteiger partial charge in [0, 0.05) is 16.7 Å². The summed E-state index contributed by atoms with van der Waals surface area (Å²) in [6.07, 6.45) is 1.56. The number of rotatable bonds is 4. The van der Waals surface area contributed by atoms with Gasteiger partial charge in [0.2, 0.25) is 0 Å². The van der Waals surface area contributed by atoms with Crippen molar-refractivity contribution in [3.8, 4) is 11.3 Å². The highest BCUT2D eigenvalue weighted by molar-refractivity contribution is 8.26. The molecule has 0 saturated carbocycles. The van der Waals surface area contributed by atoms with Gasteiger partial charge >= 0.3 is 5.97 Å². The molecule has 1 saturated heterocycles. The third-order valence-corrected chi connectivity index (χ3v) is 5.15. The topological polar surface area (TPSA) is 70.8 Å². The number of benzene rings is 1. The standard InChI is InChI=1S/C17H12ClNO4S2/c1-9-2-3-10(18)6-12(9)13-5-4-11(23-13)7-14-16(22)19(8-15(20)21)17(24)25-14/h2-7H,8H2,1H3,(H,20,21). The number of aliphatic carboxylic acids is 1. The van der Waals surface area contributed by atoms with Gasteiger partial charge in [-0.25, -0.2) is 0 Å². The van der Waals surface area contributed by atoms with Crippen LogP contribution in [0.4, 0.5) is 0 Å². The third-order valence-electron chi connectivity index (χ3n) is 3.53. The number of carboxylic acids is 1. The Balaban J connectivity index is 1.87. The van der Waals surface area contributed by atoms with Gasteiger partial charge in [-0.15, -0.1) is 0 Å². The molecule has 3 rings (SSSR count). The zero-order valence-electron chi connectivity index (χ0n) is 13.0. The number of thioether (sulfide) groups is 1. The molecular formula is C17H12ClNO4S2. The van der Waals surface area contributed by atoms with E-state index < -0.39 is 18.4 Å². The highest BCUT2D eigenvalue weighted by Crippen LogP contribution is 2.34. The molecule has 1 fully saturated rings. The Kier molecular flexibility index (Phi) is 4.99. The first kappa shape index (κ1) is 17.7. The first-order chi connectivity index (χ1) is 11.8. The van der Waals surface area contributed by atoms with E-state index in [-0.39, 0.29) is 4.32 Å². The van der Waals surface area contributed by atoms with Crippen molar-refractivity contribution in [1.82, 2.24) is 4.90 Å². The SMILES string of the molecule is Cc1ccc(Cl)cc1-c1ccc(C=C2SC(=S)N(CC(=O)O)C2=O)o1. The van der Waals surface area contributed by atoms with Crippen LogP contribution in [0, 0.1) is 6.92 Å². The van der Waals surface area contributed by atoms with E-state index in [9.17, 15) is 9.59 Å². The number of hydrogen-bond acceptors (Lipinski definition) is 5. The molecule has 1 aliphatic heterocycles. The number of carbonyl (C=O) groups is 2. The van der Waals surface area contributed by atoms with Crippen molar-refractivity contribution in [2.75, 3.05) is 6.54 Å². The minimum Gasteiger partial charge on any atom is -0.480 e. The Labute approximate surface area is 158 Å². The Hall–Kier alpha value is -2.09. The molecule has 5 nitrogen and oxygen atoms in total. The minimum absolute atomic E-state index is 0.219. The van der Waals surface area contributed by atoms with Crippen molar-refractivity contribution in [1.29, 1.82) is 0 Å². The van der Waals surface area contributed by atoms with Crippen molar-refractivity contribution < 1.29 is 19.1 Å². The maximum absolute atomic E-state index is 12.3. The van der Waals surface area contributed by atoms with Crippen molar-refractivity contribution in [3.05, 3.63) is 51.6 Å². The molecule has 8 heteroatoms. The predicted octanol–water partition coefficient (Wildman–Crippen LogP) is 4.19. The third kappa shape index (κ3) is 3.78. The van der Waals surface area contributed by atoms with Crippen LogP contribution in [0.3, 0.4) is 0 Å². The highest BCUT2D eigenvalue weighted by Gasteiger charge is 2.33. The van der Waals surface area contributed by atoms with E-state index in [1.165, 1.54) is 0 Å². The molecule has 1 aromatic heterocycles. The van der Waals surface area contributed by atoms with Crippen LogP contribution in [-0.2, 0) is 9.59 Å². The van der Waals surface area contributed by atoms with Crippen molar-refractivity contribution in [2.24, 2.45) is 0 Å².